The van der Waals surface area contributed by atoms with E-state index >= 15 is 0 Å². The summed E-state index contributed by atoms with van der Waals surface area (Å²) in [5, 5.41) is 5.02. The molecular formula is C13H11ClN2O3S. The minimum absolute atomic E-state index is 0.102. The lowest BCUT2D eigenvalue weighted by molar-refractivity contribution is 0.390. The van der Waals surface area contributed by atoms with Crippen molar-refractivity contribution < 1.29 is 12.9 Å². The Bertz CT molecular complexity index is 889. The van der Waals surface area contributed by atoms with Gasteiger partial charge in [0.15, 0.2) is 10.7 Å². The summed E-state index contributed by atoms with van der Waals surface area (Å²) in [6.45, 7) is 3.18. The van der Waals surface area contributed by atoms with Crippen molar-refractivity contribution in [2.45, 2.75) is 18.7 Å². The first-order chi connectivity index (χ1) is 9.41. The molecule has 0 aliphatic rings. The van der Waals surface area contributed by atoms with Gasteiger partial charge in [-0.05, 0) is 38.1 Å². The predicted molar refractivity (Wildman–Crippen MR) is 75.5 cm³/mol. The third-order valence-corrected chi connectivity index (χ3v) is 5.27. The summed E-state index contributed by atoms with van der Waals surface area (Å²) in [4.78, 5) is 0.102. The topological polar surface area (TPSA) is 65.1 Å². The highest BCUT2D eigenvalue weighted by molar-refractivity contribution is 7.90. The van der Waals surface area contributed by atoms with Gasteiger partial charge in [0.1, 0.15) is 5.69 Å². The maximum atomic E-state index is 12.7. The average molecular weight is 311 g/mol. The number of hydrogen-bond donors (Lipinski definition) is 0. The van der Waals surface area contributed by atoms with E-state index in [1.807, 2.05) is 0 Å². The molecule has 0 atom stereocenters. The van der Waals surface area contributed by atoms with Gasteiger partial charge in [-0.2, -0.15) is 0 Å². The van der Waals surface area contributed by atoms with Crippen LogP contribution in [0.2, 0.25) is 5.02 Å². The van der Waals surface area contributed by atoms with Crippen LogP contribution in [0.4, 0.5) is 0 Å². The van der Waals surface area contributed by atoms with Gasteiger partial charge in [-0.25, -0.2) is 12.4 Å². The van der Waals surface area contributed by atoms with E-state index in [0.29, 0.717) is 16.2 Å². The Morgan fingerprint density at radius 2 is 2.00 bits per heavy atom. The monoisotopic (exact) mass is 310 g/mol. The van der Waals surface area contributed by atoms with Crippen molar-refractivity contribution >= 4 is 32.5 Å². The van der Waals surface area contributed by atoms with Crippen LogP contribution in [0, 0.1) is 13.8 Å². The summed E-state index contributed by atoms with van der Waals surface area (Å²) in [6, 6.07) is 6.75. The first-order valence-corrected chi connectivity index (χ1v) is 7.68. The molecule has 0 fully saturated rings. The summed E-state index contributed by atoms with van der Waals surface area (Å²) < 4.78 is 31.6. The zero-order chi connectivity index (χ0) is 14.5. The molecule has 104 valence electrons. The van der Waals surface area contributed by atoms with Crippen molar-refractivity contribution in [3.8, 4) is 0 Å². The van der Waals surface area contributed by atoms with Crippen LogP contribution in [0.15, 0.2) is 39.9 Å². The molecule has 3 rings (SSSR count). The van der Waals surface area contributed by atoms with Crippen molar-refractivity contribution in [1.29, 1.82) is 0 Å². The van der Waals surface area contributed by atoms with Gasteiger partial charge in [-0.1, -0.05) is 16.8 Å². The highest BCUT2D eigenvalue weighted by Gasteiger charge is 2.26. The minimum Gasteiger partial charge on any atom is -0.360 e. The number of aryl methyl sites for hydroxylation is 2. The number of hydrogen-bond acceptors (Lipinski definition) is 4. The van der Waals surface area contributed by atoms with Crippen LogP contribution in [-0.4, -0.2) is 17.5 Å². The fourth-order valence-electron chi connectivity index (χ4n) is 2.24. The van der Waals surface area contributed by atoms with E-state index in [-0.39, 0.29) is 10.7 Å². The number of nitrogens with zero attached hydrogens (tertiary/aromatic N) is 2. The molecule has 5 nitrogen and oxygen atoms in total. The quantitative estimate of drug-likeness (QED) is 0.729. The van der Waals surface area contributed by atoms with Crippen LogP contribution in [0.1, 0.15) is 11.5 Å². The Labute approximate surface area is 120 Å². The average Bonchev–Trinajstić information content (AvgIpc) is 2.93. The van der Waals surface area contributed by atoms with Crippen LogP contribution >= 0.6 is 11.6 Å². The molecule has 2 heterocycles. The summed E-state index contributed by atoms with van der Waals surface area (Å²) >= 11 is 5.91. The van der Waals surface area contributed by atoms with Gasteiger partial charge in [0.2, 0.25) is 0 Å². The first-order valence-electron chi connectivity index (χ1n) is 5.86. The number of fused-ring (bicyclic) bond motifs is 1. The summed E-state index contributed by atoms with van der Waals surface area (Å²) in [6.07, 6.45) is 1.50. The lowest BCUT2D eigenvalue weighted by atomic mass is 10.2. The van der Waals surface area contributed by atoms with Gasteiger partial charge in [-0.15, -0.1) is 0 Å². The molecule has 3 aromatic rings. The number of rotatable bonds is 2. The van der Waals surface area contributed by atoms with Crippen LogP contribution in [-0.2, 0) is 10.0 Å². The third-order valence-electron chi connectivity index (χ3n) is 3.10. The highest BCUT2D eigenvalue weighted by atomic mass is 35.5. The smallest absolute Gasteiger partial charge is 0.273 e. The number of benzene rings is 1. The largest absolute Gasteiger partial charge is 0.360 e. The lowest BCUT2D eigenvalue weighted by Crippen LogP contribution is -2.13. The zero-order valence-corrected chi connectivity index (χ0v) is 12.4. The Kier molecular flexibility index (Phi) is 2.88. The van der Waals surface area contributed by atoms with E-state index in [1.54, 1.807) is 38.1 Å². The molecule has 1 aromatic carbocycles. The molecule has 0 saturated heterocycles. The predicted octanol–water partition coefficient (Wildman–Crippen LogP) is 3.14. The summed E-state index contributed by atoms with van der Waals surface area (Å²) in [5.41, 5.74) is 0.910. The normalized spacial score (nSPS) is 12.2. The second-order valence-corrected chi connectivity index (χ2v) is 6.66. The maximum Gasteiger partial charge on any atom is 0.273 e. The van der Waals surface area contributed by atoms with E-state index < -0.39 is 10.0 Å². The molecule has 0 spiro atoms. The molecule has 0 bridgehead atoms. The maximum absolute atomic E-state index is 12.7. The van der Waals surface area contributed by atoms with Crippen molar-refractivity contribution in [2.75, 3.05) is 0 Å². The third kappa shape index (κ3) is 1.83. The minimum atomic E-state index is -3.74. The van der Waals surface area contributed by atoms with Crippen LogP contribution in [0.5, 0.6) is 0 Å². The molecule has 0 aliphatic heterocycles. The second-order valence-electron chi connectivity index (χ2n) is 4.47. The fraction of sp³-hybridized carbons (Fsp3) is 0.154. The molecular weight excluding hydrogens is 300 g/mol. The molecule has 2 aromatic heterocycles. The summed E-state index contributed by atoms with van der Waals surface area (Å²) in [7, 11) is -3.74. The molecule has 7 heteroatoms. The van der Waals surface area contributed by atoms with E-state index in [4.69, 9.17) is 16.1 Å². The van der Waals surface area contributed by atoms with Crippen LogP contribution < -0.4 is 0 Å². The summed E-state index contributed by atoms with van der Waals surface area (Å²) in [5.74, 6) is 0.276. The van der Waals surface area contributed by atoms with Crippen molar-refractivity contribution in [2.24, 2.45) is 0 Å². The second kappa shape index (κ2) is 4.36. The first kappa shape index (κ1) is 13.2. The van der Waals surface area contributed by atoms with E-state index in [0.717, 1.165) is 5.39 Å². The van der Waals surface area contributed by atoms with E-state index in [2.05, 4.69) is 5.16 Å². The van der Waals surface area contributed by atoms with Gasteiger partial charge < -0.3 is 4.52 Å². The standard InChI is InChI=1S/C13H11ClN2O3S/c1-8-13(9(2)19-15-8)20(17,18)16-6-5-10-7-11(14)3-4-12(10)16/h3-7H,1-2H3. The Hall–Kier alpha value is -1.79. The van der Waals surface area contributed by atoms with Crippen LogP contribution in [0.25, 0.3) is 10.9 Å². The van der Waals surface area contributed by atoms with Gasteiger partial charge in [-0.3, -0.25) is 0 Å². The molecule has 0 radical (unpaired) electrons. The van der Waals surface area contributed by atoms with Gasteiger partial charge in [0, 0.05) is 16.6 Å². The Morgan fingerprint density at radius 1 is 1.25 bits per heavy atom. The van der Waals surface area contributed by atoms with Gasteiger partial charge >= 0.3 is 0 Å². The van der Waals surface area contributed by atoms with Crippen LogP contribution in [0.3, 0.4) is 0 Å². The van der Waals surface area contributed by atoms with E-state index in [1.165, 1.54) is 10.2 Å². The fourth-order valence-corrected chi connectivity index (χ4v) is 4.07. The zero-order valence-electron chi connectivity index (χ0n) is 10.8. The van der Waals surface area contributed by atoms with Gasteiger partial charge in [0.25, 0.3) is 10.0 Å². The number of halogens is 1. The van der Waals surface area contributed by atoms with Crippen molar-refractivity contribution in [1.82, 2.24) is 9.13 Å². The lowest BCUT2D eigenvalue weighted by Gasteiger charge is -2.06. The Balaban J connectivity index is 2.30. The molecule has 0 saturated carbocycles. The molecule has 0 N–H and O–H groups in total. The van der Waals surface area contributed by atoms with Gasteiger partial charge in [0.05, 0.1) is 5.52 Å². The number of aromatic nitrogens is 2. The SMILES string of the molecule is Cc1noc(C)c1S(=O)(=O)n1ccc2cc(Cl)ccc21. The molecule has 0 unspecified atom stereocenters. The molecule has 0 aliphatic carbocycles. The Morgan fingerprint density at radius 3 is 2.65 bits per heavy atom. The van der Waals surface area contributed by atoms with Crippen molar-refractivity contribution in [3.63, 3.8) is 0 Å². The van der Waals surface area contributed by atoms with E-state index in [9.17, 15) is 8.42 Å². The molecule has 0 amide bonds. The highest BCUT2D eigenvalue weighted by Crippen LogP contribution is 2.27. The van der Waals surface area contributed by atoms with Crippen molar-refractivity contribution in [3.05, 3.63) is 46.9 Å². The molecule has 20 heavy (non-hydrogen) atoms.